The van der Waals surface area contributed by atoms with Crippen LogP contribution < -0.4 is 10.1 Å². The molecule has 3 aromatic carbocycles. The van der Waals surface area contributed by atoms with Crippen LogP contribution in [0.1, 0.15) is 23.6 Å². The van der Waals surface area contributed by atoms with E-state index in [1.807, 2.05) is 0 Å². The van der Waals surface area contributed by atoms with Crippen molar-refractivity contribution < 1.29 is 31.1 Å². The van der Waals surface area contributed by atoms with Gasteiger partial charge in [0.15, 0.2) is 0 Å². The molecule has 0 saturated carbocycles. The van der Waals surface area contributed by atoms with Crippen molar-refractivity contribution in [3.63, 3.8) is 0 Å². The number of methoxy groups -OCH3 is 1. The first-order valence-electron chi connectivity index (χ1n) is 10.2. The molecule has 6 nitrogen and oxygen atoms in total. The molecule has 0 saturated heterocycles. The lowest BCUT2D eigenvalue weighted by atomic mass is 10.0. The summed E-state index contributed by atoms with van der Waals surface area (Å²) in [4.78, 5) is 12.9. The maximum absolute atomic E-state index is 13.2. The van der Waals surface area contributed by atoms with Crippen LogP contribution in [0.4, 0.5) is 18.9 Å². The molecule has 3 rings (SSSR count). The molecule has 0 aliphatic heterocycles. The second-order valence-electron chi connectivity index (χ2n) is 7.45. The van der Waals surface area contributed by atoms with Gasteiger partial charge in [0, 0.05) is 19.2 Å². The fourth-order valence-electron chi connectivity index (χ4n) is 3.34. The average molecular weight is 493 g/mol. The normalized spacial score (nSPS) is 12.9. The number of amides is 1. The lowest BCUT2D eigenvalue weighted by Crippen LogP contribution is -2.33. The first-order valence-corrected chi connectivity index (χ1v) is 11.6. The van der Waals surface area contributed by atoms with Crippen LogP contribution in [0, 0.1) is 0 Å². The van der Waals surface area contributed by atoms with E-state index in [0.717, 1.165) is 28.6 Å². The van der Waals surface area contributed by atoms with E-state index in [-0.39, 0.29) is 17.0 Å². The van der Waals surface area contributed by atoms with Gasteiger partial charge in [0.25, 0.3) is 0 Å². The van der Waals surface area contributed by atoms with Crippen LogP contribution in [0.5, 0.6) is 5.75 Å². The van der Waals surface area contributed by atoms with Crippen LogP contribution in [0.15, 0.2) is 83.8 Å². The Morgan fingerprint density at radius 3 is 2.09 bits per heavy atom. The Morgan fingerprint density at radius 2 is 1.56 bits per heavy atom. The fourth-order valence-corrected chi connectivity index (χ4v) is 4.70. The van der Waals surface area contributed by atoms with Gasteiger partial charge in [-0.05, 0) is 54.1 Å². The number of hydrogen-bond donors (Lipinski definition) is 1. The lowest BCUT2D eigenvalue weighted by molar-refractivity contribution is -0.137. The van der Waals surface area contributed by atoms with Crippen LogP contribution in [0.2, 0.25) is 0 Å². The van der Waals surface area contributed by atoms with E-state index in [9.17, 15) is 26.4 Å². The van der Waals surface area contributed by atoms with Gasteiger partial charge in [0.2, 0.25) is 15.9 Å². The third kappa shape index (κ3) is 5.95. The summed E-state index contributed by atoms with van der Waals surface area (Å²) < 4.78 is 71.0. The van der Waals surface area contributed by atoms with E-state index in [1.165, 1.54) is 26.3 Å². The van der Waals surface area contributed by atoms with Gasteiger partial charge in [-0.3, -0.25) is 4.79 Å². The van der Waals surface area contributed by atoms with Crippen LogP contribution in [-0.2, 0) is 21.0 Å². The van der Waals surface area contributed by atoms with Gasteiger partial charge < -0.3 is 10.1 Å². The summed E-state index contributed by atoms with van der Waals surface area (Å²) in [7, 11) is -1.07. The maximum atomic E-state index is 13.2. The van der Waals surface area contributed by atoms with E-state index in [0.29, 0.717) is 11.3 Å². The van der Waals surface area contributed by atoms with E-state index < -0.39 is 33.7 Å². The van der Waals surface area contributed by atoms with Crippen molar-refractivity contribution in [3.05, 3.63) is 90.0 Å². The molecule has 1 N–H and O–H groups in total. The number of sulfonamides is 1. The second kappa shape index (κ2) is 10.3. The predicted octanol–water partition coefficient (Wildman–Crippen LogP) is 5.10. The van der Waals surface area contributed by atoms with Crippen molar-refractivity contribution in [1.29, 1.82) is 0 Å². The van der Waals surface area contributed by atoms with Gasteiger partial charge in [-0.1, -0.05) is 30.3 Å². The van der Waals surface area contributed by atoms with Crippen molar-refractivity contribution in [2.24, 2.45) is 0 Å². The third-order valence-corrected chi connectivity index (χ3v) is 7.12. The highest BCUT2D eigenvalue weighted by Gasteiger charge is 2.32. The van der Waals surface area contributed by atoms with E-state index in [4.69, 9.17) is 4.74 Å². The largest absolute Gasteiger partial charge is 0.497 e. The second-order valence-corrected chi connectivity index (χ2v) is 9.45. The van der Waals surface area contributed by atoms with E-state index in [2.05, 4.69) is 5.32 Å². The number of alkyl halides is 3. The number of hydrogen-bond acceptors (Lipinski definition) is 4. The van der Waals surface area contributed by atoms with Gasteiger partial charge in [0.1, 0.15) is 5.75 Å². The van der Waals surface area contributed by atoms with Crippen molar-refractivity contribution in [2.45, 2.75) is 23.5 Å². The highest BCUT2D eigenvalue weighted by atomic mass is 32.2. The van der Waals surface area contributed by atoms with E-state index >= 15 is 0 Å². The number of halogens is 3. The summed E-state index contributed by atoms with van der Waals surface area (Å²) in [5, 5.41) is 2.54. The van der Waals surface area contributed by atoms with E-state index in [1.54, 1.807) is 42.5 Å². The number of nitrogens with zero attached hydrogens (tertiary/aromatic N) is 1. The zero-order valence-corrected chi connectivity index (χ0v) is 19.2. The summed E-state index contributed by atoms with van der Waals surface area (Å²) >= 11 is 0. The molecule has 1 atom stereocenters. The minimum atomic E-state index is -4.49. The molecule has 34 heavy (non-hydrogen) atoms. The molecule has 0 aromatic heterocycles. The summed E-state index contributed by atoms with van der Waals surface area (Å²) in [5.74, 6) is 0.000893. The molecule has 0 aliphatic rings. The fraction of sp³-hybridized carbons (Fsp3) is 0.208. The molecular weight excluding hydrogens is 469 g/mol. The van der Waals surface area contributed by atoms with Crippen molar-refractivity contribution >= 4 is 21.6 Å². The summed E-state index contributed by atoms with van der Waals surface area (Å²) in [5.41, 5.74) is -0.124. The highest BCUT2D eigenvalue weighted by molar-refractivity contribution is 7.89. The lowest BCUT2D eigenvalue weighted by Gasteiger charge is -2.28. The Balaban J connectivity index is 1.87. The summed E-state index contributed by atoms with van der Waals surface area (Å²) in [6.07, 6.45) is -4.76. The van der Waals surface area contributed by atoms with Gasteiger partial charge in [-0.15, -0.1) is 0 Å². The minimum Gasteiger partial charge on any atom is -0.497 e. The molecule has 0 heterocycles. The maximum Gasteiger partial charge on any atom is 0.416 e. The molecule has 0 bridgehead atoms. The van der Waals surface area contributed by atoms with Crippen LogP contribution in [-0.4, -0.2) is 32.8 Å². The summed E-state index contributed by atoms with van der Waals surface area (Å²) in [6.45, 7) is 0. The average Bonchev–Trinajstić information content (AvgIpc) is 2.82. The number of nitrogens with one attached hydrogen (secondary N) is 1. The number of benzene rings is 3. The molecule has 0 aliphatic carbocycles. The zero-order chi connectivity index (χ0) is 24.9. The van der Waals surface area contributed by atoms with Crippen LogP contribution >= 0.6 is 0 Å². The van der Waals surface area contributed by atoms with Crippen LogP contribution in [0.3, 0.4) is 0 Å². The number of anilines is 1. The Hall–Kier alpha value is -3.37. The van der Waals surface area contributed by atoms with Gasteiger partial charge >= 0.3 is 6.18 Å². The molecule has 0 unspecified atom stereocenters. The number of rotatable bonds is 8. The first-order chi connectivity index (χ1) is 16.0. The van der Waals surface area contributed by atoms with Crippen molar-refractivity contribution in [2.75, 3.05) is 19.5 Å². The highest BCUT2D eigenvalue weighted by Crippen LogP contribution is 2.32. The Labute approximate surface area is 196 Å². The van der Waals surface area contributed by atoms with Crippen molar-refractivity contribution in [3.8, 4) is 5.75 Å². The Morgan fingerprint density at radius 1 is 0.971 bits per heavy atom. The standard InChI is InChI=1S/C24H23F3N2O4S/c1-29(34(31,32)21-6-4-3-5-7-21)22(17-8-14-20(33-2)15-9-17)16-23(30)28-19-12-10-18(11-13-19)24(25,26)27/h3-15,22H,16H2,1-2H3,(H,28,30)/t22-/m0/s1. The predicted molar refractivity (Wildman–Crippen MR) is 122 cm³/mol. The quantitative estimate of drug-likeness (QED) is 0.475. The van der Waals surface area contributed by atoms with Crippen molar-refractivity contribution in [1.82, 2.24) is 4.31 Å². The Bertz CT molecular complexity index is 1210. The van der Waals surface area contributed by atoms with Gasteiger partial charge in [-0.25, -0.2) is 8.42 Å². The molecule has 180 valence electrons. The van der Waals surface area contributed by atoms with Crippen LogP contribution in [0.25, 0.3) is 0 Å². The first kappa shape index (κ1) is 25.3. The number of carbonyl (C=O) groups excluding carboxylic acids is 1. The molecule has 1 amide bonds. The molecular formula is C24H23F3N2O4S. The number of carbonyl (C=O) groups is 1. The Kier molecular flexibility index (Phi) is 7.63. The topological polar surface area (TPSA) is 75.7 Å². The molecule has 10 heteroatoms. The minimum absolute atomic E-state index is 0.0687. The summed E-state index contributed by atoms with van der Waals surface area (Å²) in [6, 6.07) is 17.6. The monoisotopic (exact) mass is 492 g/mol. The molecule has 0 spiro atoms. The molecule has 0 fully saturated rings. The van der Waals surface area contributed by atoms with Gasteiger partial charge in [-0.2, -0.15) is 17.5 Å². The molecule has 3 aromatic rings. The SMILES string of the molecule is COc1ccc([C@H](CC(=O)Nc2ccc(C(F)(F)F)cc2)N(C)S(=O)(=O)c2ccccc2)cc1. The number of ether oxygens (including phenoxy) is 1. The third-order valence-electron chi connectivity index (χ3n) is 5.23. The smallest absolute Gasteiger partial charge is 0.416 e. The molecule has 0 radical (unpaired) electrons. The van der Waals surface area contributed by atoms with Gasteiger partial charge in [0.05, 0.1) is 23.6 Å². The zero-order valence-electron chi connectivity index (χ0n) is 18.4.